The van der Waals surface area contributed by atoms with Gasteiger partial charge in [-0.1, -0.05) is 11.6 Å². The lowest BCUT2D eigenvalue weighted by Crippen LogP contribution is -2.36. The molecule has 98 valence electrons. The summed E-state index contributed by atoms with van der Waals surface area (Å²) in [5, 5.41) is 5.40. The van der Waals surface area contributed by atoms with Crippen LogP contribution >= 0.6 is 11.6 Å². The van der Waals surface area contributed by atoms with Gasteiger partial charge >= 0.3 is 0 Å². The number of benzene rings is 1. The van der Waals surface area contributed by atoms with Crippen LogP contribution in [0, 0.1) is 0 Å². The Bertz CT molecular complexity index is 451. The van der Waals surface area contributed by atoms with Crippen LogP contribution in [0.5, 0.6) is 5.75 Å². The highest BCUT2D eigenvalue weighted by Crippen LogP contribution is 2.27. The molecule has 0 saturated carbocycles. The molecule has 0 radical (unpaired) electrons. The lowest BCUT2D eigenvalue weighted by molar-refractivity contribution is -0.123. The van der Waals surface area contributed by atoms with Gasteiger partial charge in [0, 0.05) is 11.8 Å². The highest BCUT2D eigenvalue weighted by Gasteiger charge is 2.06. The van der Waals surface area contributed by atoms with E-state index in [1.165, 1.54) is 7.11 Å². The molecular formula is C11H14ClN3O3. The summed E-state index contributed by atoms with van der Waals surface area (Å²) in [5.74, 6) is -0.291. The van der Waals surface area contributed by atoms with Gasteiger partial charge in [0.1, 0.15) is 5.75 Å². The van der Waals surface area contributed by atoms with Crippen molar-refractivity contribution in [2.24, 2.45) is 5.73 Å². The van der Waals surface area contributed by atoms with Crippen molar-refractivity contribution in [3.05, 3.63) is 23.2 Å². The molecular weight excluding hydrogens is 258 g/mol. The quantitative estimate of drug-likeness (QED) is 0.721. The summed E-state index contributed by atoms with van der Waals surface area (Å²) >= 11 is 5.85. The molecule has 7 heteroatoms. The molecule has 2 amide bonds. The van der Waals surface area contributed by atoms with Gasteiger partial charge in [0.2, 0.25) is 11.8 Å². The number of carbonyl (C=O) groups excluding carboxylic acids is 2. The molecule has 0 spiro atoms. The zero-order valence-corrected chi connectivity index (χ0v) is 10.6. The molecule has 0 atom stereocenters. The van der Waals surface area contributed by atoms with E-state index in [1.807, 2.05) is 0 Å². The van der Waals surface area contributed by atoms with Crippen molar-refractivity contribution in [3.8, 4) is 5.75 Å². The lowest BCUT2D eigenvalue weighted by atomic mass is 10.3. The summed E-state index contributed by atoms with van der Waals surface area (Å²) in [5.41, 5.74) is 5.62. The Morgan fingerprint density at radius 3 is 2.72 bits per heavy atom. The fourth-order valence-electron chi connectivity index (χ4n) is 1.19. The van der Waals surface area contributed by atoms with Gasteiger partial charge in [0.25, 0.3) is 0 Å². The number of nitrogens with two attached hydrogens (primary N) is 1. The van der Waals surface area contributed by atoms with E-state index in [9.17, 15) is 9.59 Å². The summed E-state index contributed by atoms with van der Waals surface area (Å²) in [6.45, 7) is -0.289. The number of amides is 2. The third kappa shape index (κ3) is 4.23. The second-order valence-electron chi connectivity index (χ2n) is 3.38. The number of hydrogen-bond acceptors (Lipinski definition) is 4. The van der Waals surface area contributed by atoms with Gasteiger partial charge in [0.05, 0.1) is 25.2 Å². The molecule has 1 aromatic carbocycles. The smallest absolute Gasteiger partial charge is 0.243 e. The number of halogens is 1. The topological polar surface area (TPSA) is 93.5 Å². The molecule has 0 bridgehead atoms. The zero-order chi connectivity index (χ0) is 13.5. The molecule has 0 aliphatic heterocycles. The molecule has 4 N–H and O–H groups in total. The maximum absolute atomic E-state index is 11.5. The maximum Gasteiger partial charge on any atom is 0.243 e. The van der Waals surface area contributed by atoms with Crippen LogP contribution < -0.4 is 21.1 Å². The normalized spacial score (nSPS) is 9.72. The van der Waals surface area contributed by atoms with Crippen molar-refractivity contribution in [2.75, 3.05) is 25.5 Å². The summed E-state index contributed by atoms with van der Waals surface area (Å²) in [4.78, 5) is 22.3. The molecule has 0 aliphatic carbocycles. The minimum atomic E-state index is -0.390. The zero-order valence-electron chi connectivity index (χ0n) is 9.83. The summed E-state index contributed by atoms with van der Waals surface area (Å²) in [6.07, 6.45) is 0. The monoisotopic (exact) mass is 271 g/mol. The van der Waals surface area contributed by atoms with Gasteiger partial charge in [-0.15, -0.1) is 0 Å². The van der Waals surface area contributed by atoms with Crippen molar-refractivity contribution in [1.82, 2.24) is 5.32 Å². The molecule has 1 rings (SSSR count). The molecule has 1 aromatic rings. The van der Waals surface area contributed by atoms with Crippen LogP contribution in [0.1, 0.15) is 0 Å². The number of methoxy groups -OCH3 is 1. The van der Waals surface area contributed by atoms with Crippen LogP contribution in [0.4, 0.5) is 5.69 Å². The van der Waals surface area contributed by atoms with E-state index in [2.05, 4.69) is 10.6 Å². The van der Waals surface area contributed by atoms with Gasteiger partial charge in [-0.25, -0.2) is 0 Å². The van der Waals surface area contributed by atoms with Gasteiger partial charge in [-0.05, 0) is 12.1 Å². The Morgan fingerprint density at radius 2 is 2.11 bits per heavy atom. The first-order valence-corrected chi connectivity index (χ1v) is 5.54. The molecule has 0 unspecified atom stereocenters. The van der Waals surface area contributed by atoms with E-state index in [0.717, 1.165) is 0 Å². The Morgan fingerprint density at radius 1 is 1.39 bits per heavy atom. The third-order valence-corrected chi connectivity index (χ3v) is 2.38. The second-order valence-corrected chi connectivity index (χ2v) is 3.79. The van der Waals surface area contributed by atoms with Gasteiger partial charge in [-0.2, -0.15) is 0 Å². The lowest BCUT2D eigenvalue weighted by Gasteiger charge is -2.08. The Hall–Kier alpha value is -1.79. The standard InChI is InChI=1S/C11H14ClN3O3/c1-18-9-4-7(2-3-8(9)12)15-11(17)6-14-10(16)5-13/h2-4H,5-6,13H2,1H3,(H,14,16)(H,15,17). The third-order valence-electron chi connectivity index (χ3n) is 2.07. The number of ether oxygens (including phenoxy) is 1. The van der Waals surface area contributed by atoms with Crippen molar-refractivity contribution >= 4 is 29.1 Å². The molecule has 6 nitrogen and oxygen atoms in total. The first-order chi connectivity index (χ1) is 8.56. The largest absolute Gasteiger partial charge is 0.495 e. The molecule has 0 aliphatic rings. The number of hydrogen-bond donors (Lipinski definition) is 3. The molecule has 18 heavy (non-hydrogen) atoms. The Balaban J connectivity index is 2.56. The van der Waals surface area contributed by atoms with Crippen molar-refractivity contribution < 1.29 is 14.3 Å². The predicted molar refractivity (Wildman–Crippen MR) is 68.7 cm³/mol. The average Bonchev–Trinajstić information content (AvgIpc) is 2.38. The van der Waals surface area contributed by atoms with Gasteiger partial charge in [-0.3, -0.25) is 9.59 Å². The highest BCUT2D eigenvalue weighted by molar-refractivity contribution is 6.32. The van der Waals surface area contributed by atoms with Crippen molar-refractivity contribution in [1.29, 1.82) is 0 Å². The minimum absolute atomic E-state index is 0.138. The van der Waals surface area contributed by atoms with E-state index in [0.29, 0.717) is 16.5 Å². The van der Waals surface area contributed by atoms with E-state index in [1.54, 1.807) is 18.2 Å². The summed E-state index contributed by atoms with van der Waals surface area (Å²) in [7, 11) is 1.48. The van der Waals surface area contributed by atoms with Crippen LogP contribution in [0.3, 0.4) is 0 Å². The van der Waals surface area contributed by atoms with Gasteiger partial charge < -0.3 is 21.1 Å². The number of carbonyl (C=O) groups is 2. The van der Waals surface area contributed by atoms with Crippen molar-refractivity contribution in [3.63, 3.8) is 0 Å². The number of rotatable bonds is 5. The number of nitrogens with one attached hydrogen (secondary N) is 2. The Kier molecular flexibility index (Phi) is 5.41. The molecule has 0 aromatic heterocycles. The van der Waals surface area contributed by atoms with Crippen LogP contribution in [0.25, 0.3) is 0 Å². The molecule has 0 heterocycles. The SMILES string of the molecule is COc1cc(NC(=O)CNC(=O)CN)ccc1Cl. The fraction of sp³-hybridized carbons (Fsp3) is 0.273. The Labute approximate surface area is 109 Å². The first kappa shape index (κ1) is 14.3. The fourth-order valence-corrected chi connectivity index (χ4v) is 1.39. The van der Waals surface area contributed by atoms with Crippen LogP contribution in [-0.2, 0) is 9.59 Å². The minimum Gasteiger partial charge on any atom is -0.495 e. The molecule has 0 saturated heterocycles. The summed E-state index contributed by atoms with van der Waals surface area (Å²) in [6, 6.07) is 4.83. The average molecular weight is 272 g/mol. The van der Waals surface area contributed by atoms with E-state index in [-0.39, 0.29) is 24.9 Å². The first-order valence-electron chi connectivity index (χ1n) is 5.17. The van der Waals surface area contributed by atoms with E-state index >= 15 is 0 Å². The highest BCUT2D eigenvalue weighted by atomic mass is 35.5. The van der Waals surface area contributed by atoms with E-state index in [4.69, 9.17) is 22.1 Å². The van der Waals surface area contributed by atoms with Crippen LogP contribution in [-0.4, -0.2) is 32.0 Å². The maximum atomic E-state index is 11.5. The van der Waals surface area contributed by atoms with Crippen LogP contribution in [0.2, 0.25) is 5.02 Å². The van der Waals surface area contributed by atoms with Crippen LogP contribution in [0.15, 0.2) is 18.2 Å². The van der Waals surface area contributed by atoms with Gasteiger partial charge in [0.15, 0.2) is 0 Å². The van der Waals surface area contributed by atoms with Crippen molar-refractivity contribution in [2.45, 2.75) is 0 Å². The summed E-state index contributed by atoms with van der Waals surface area (Å²) < 4.78 is 5.01. The predicted octanol–water partition coefficient (Wildman–Crippen LogP) is 0.362. The van der Waals surface area contributed by atoms with E-state index < -0.39 is 0 Å². The number of anilines is 1. The second kappa shape index (κ2) is 6.83. The molecule has 0 fully saturated rings.